The van der Waals surface area contributed by atoms with E-state index in [1.807, 2.05) is 6.92 Å². The Hall–Kier alpha value is -0.0800. The SMILES string of the molecule is CCCCCCCCCCCCC(O)CC(C)OC. The molecule has 0 aromatic rings. The largest absolute Gasteiger partial charge is 0.393 e. The molecular weight excluding hydrogens is 236 g/mol. The van der Waals surface area contributed by atoms with Crippen molar-refractivity contribution in [1.29, 1.82) is 0 Å². The summed E-state index contributed by atoms with van der Waals surface area (Å²) in [6.07, 6.45) is 15.2. The van der Waals surface area contributed by atoms with E-state index in [4.69, 9.17) is 4.74 Å². The average Bonchev–Trinajstić information content (AvgIpc) is 2.40. The number of hydrogen-bond acceptors (Lipinski definition) is 2. The van der Waals surface area contributed by atoms with Crippen LogP contribution in [0.5, 0.6) is 0 Å². The van der Waals surface area contributed by atoms with Gasteiger partial charge >= 0.3 is 0 Å². The molecule has 1 N–H and O–H groups in total. The Morgan fingerprint density at radius 2 is 1.32 bits per heavy atom. The highest BCUT2D eigenvalue weighted by molar-refractivity contribution is 4.61. The number of rotatable bonds is 14. The van der Waals surface area contributed by atoms with Crippen LogP contribution in [-0.2, 0) is 4.74 Å². The molecule has 0 aliphatic rings. The summed E-state index contributed by atoms with van der Waals surface area (Å²) in [6.45, 7) is 4.28. The lowest BCUT2D eigenvalue weighted by Gasteiger charge is -2.14. The minimum Gasteiger partial charge on any atom is -0.393 e. The zero-order chi connectivity index (χ0) is 14.3. The molecule has 2 nitrogen and oxygen atoms in total. The third-order valence-corrected chi connectivity index (χ3v) is 3.90. The summed E-state index contributed by atoms with van der Waals surface area (Å²) in [4.78, 5) is 0. The molecular formula is C17H36O2. The summed E-state index contributed by atoms with van der Waals surface area (Å²) < 4.78 is 5.16. The van der Waals surface area contributed by atoms with E-state index in [9.17, 15) is 5.11 Å². The molecule has 19 heavy (non-hydrogen) atoms. The van der Waals surface area contributed by atoms with Gasteiger partial charge < -0.3 is 9.84 Å². The van der Waals surface area contributed by atoms with E-state index in [-0.39, 0.29) is 12.2 Å². The predicted octanol–water partition coefficient (Wildman–Crippen LogP) is 5.08. The Labute approximate surface area is 120 Å². The van der Waals surface area contributed by atoms with Crippen molar-refractivity contribution in [3.8, 4) is 0 Å². The van der Waals surface area contributed by atoms with Gasteiger partial charge in [-0.3, -0.25) is 0 Å². The molecule has 0 amide bonds. The highest BCUT2D eigenvalue weighted by Gasteiger charge is 2.08. The lowest BCUT2D eigenvalue weighted by Crippen LogP contribution is -2.16. The Bertz CT molecular complexity index is 171. The number of aliphatic hydroxyl groups excluding tert-OH is 1. The van der Waals surface area contributed by atoms with E-state index in [0.717, 1.165) is 19.3 Å². The van der Waals surface area contributed by atoms with Crippen LogP contribution in [0.4, 0.5) is 0 Å². The molecule has 0 aromatic heterocycles. The van der Waals surface area contributed by atoms with Gasteiger partial charge in [0.15, 0.2) is 0 Å². The molecule has 2 unspecified atom stereocenters. The summed E-state index contributed by atoms with van der Waals surface area (Å²) in [5.41, 5.74) is 0. The topological polar surface area (TPSA) is 29.5 Å². The van der Waals surface area contributed by atoms with Crippen LogP contribution in [0.25, 0.3) is 0 Å². The standard InChI is InChI=1S/C17H36O2/c1-4-5-6-7-8-9-10-11-12-13-14-17(18)15-16(2)19-3/h16-18H,4-15H2,1-3H3. The molecule has 2 heteroatoms. The van der Waals surface area contributed by atoms with Gasteiger partial charge in [0.2, 0.25) is 0 Å². The normalized spacial score (nSPS) is 14.5. The second kappa shape index (κ2) is 14.3. The summed E-state index contributed by atoms with van der Waals surface area (Å²) >= 11 is 0. The minimum atomic E-state index is -0.177. The number of unbranched alkanes of at least 4 members (excludes halogenated alkanes) is 9. The number of ether oxygens (including phenoxy) is 1. The van der Waals surface area contributed by atoms with Crippen LogP contribution in [0.1, 0.15) is 90.9 Å². The molecule has 0 bridgehead atoms. The molecule has 0 aliphatic heterocycles. The number of hydrogen-bond donors (Lipinski definition) is 1. The van der Waals surface area contributed by atoms with Crippen LogP contribution < -0.4 is 0 Å². The second-order valence-electron chi connectivity index (χ2n) is 5.91. The molecule has 0 heterocycles. The van der Waals surface area contributed by atoms with Gasteiger partial charge in [0, 0.05) is 7.11 Å². The van der Waals surface area contributed by atoms with Crippen LogP contribution in [0.15, 0.2) is 0 Å². The van der Waals surface area contributed by atoms with Crippen molar-refractivity contribution >= 4 is 0 Å². The Morgan fingerprint density at radius 1 is 0.842 bits per heavy atom. The molecule has 116 valence electrons. The van der Waals surface area contributed by atoms with Crippen molar-refractivity contribution in [3.05, 3.63) is 0 Å². The van der Waals surface area contributed by atoms with Crippen LogP contribution >= 0.6 is 0 Å². The first kappa shape index (κ1) is 18.9. The van der Waals surface area contributed by atoms with E-state index in [0.29, 0.717) is 0 Å². The lowest BCUT2D eigenvalue weighted by atomic mass is 10.0. The van der Waals surface area contributed by atoms with Crippen molar-refractivity contribution in [2.75, 3.05) is 7.11 Å². The van der Waals surface area contributed by atoms with Gasteiger partial charge in [-0.2, -0.15) is 0 Å². The maximum Gasteiger partial charge on any atom is 0.0567 e. The summed E-state index contributed by atoms with van der Waals surface area (Å²) in [6, 6.07) is 0. The smallest absolute Gasteiger partial charge is 0.0567 e. The summed E-state index contributed by atoms with van der Waals surface area (Å²) in [7, 11) is 1.71. The van der Waals surface area contributed by atoms with E-state index in [1.165, 1.54) is 57.8 Å². The Balaban J connectivity index is 3.13. The van der Waals surface area contributed by atoms with Crippen molar-refractivity contribution in [3.63, 3.8) is 0 Å². The molecule has 0 saturated heterocycles. The first-order chi connectivity index (χ1) is 9.20. The Kier molecular flexibility index (Phi) is 14.3. The summed E-state index contributed by atoms with van der Waals surface area (Å²) in [5, 5.41) is 9.79. The molecule has 0 aliphatic carbocycles. The van der Waals surface area contributed by atoms with Gasteiger partial charge in [-0.25, -0.2) is 0 Å². The van der Waals surface area contributed by atoms with Crippen molar-refractivity contribution < 1.29 is 9.84 Å². The first-order valence-electron chi connectivity index (χ1n) is 8.41. The first-order valence-corrected chi connectivity index (χ1v) is 8.41. The third-order valence-electron chi connectivity index (χ3n) is 3.90. The predicted molar refractivity (Wildman–Crippen MR) is 83.6 cm³/mol. The van der Waals surface area contributed by atoms with Gasteiger partial charge in [-0.1, -0.05) is 71.1 Å². The fraction of sp³-hybridized carbons (Fsp3) is 1.00. The third kappa shape index (κ3) is 14.1. The van der Waals surface area contributed by atoms with Crippen molar-refractivity contribution in [1.82, 2.24) is 0 Å². The van der Waals surface area contributed by atoms with Gasteiger partial charge in [0.05, 0.1) is 12.2 Å². The summed E-state index contributed by atoms with van der Waals surface area (Å²) in [5.74, 6) is 0. The van der Waals surface area contributed by atoms with Gasteiger partial charge in [-0.15, -0.1) is 0 Å². The second-order valence-corrected chi connectivity index (χ2v) is 5.91. The maximum atomic E-state index is 9.79. The Morgan fingerprint density at radius 3 is 1.79 bits per heavy atom. The van der Waals surface area contributed by atoms with E-state index in [2.05, 4.69) is 6.92 Å². The molecule has 2 atom stereocenters. The van der Waals surface area contributed by atoms with E-state index >= 15 is 0 Å². The monoisotopic (exact) mass is 272 g/mol. The van der Waals surface area contributed by atoms with E-state index in [1.54, 1.807) is 7.11 Å². The van der Waals surface area contributed by atoms with Crippen molar-refractivity contribution in [2.24, 2.45) is 0 Å². The molecule has 0 fully saturated rings. The molecule has 0 aromatic carbocycles. The fourth-order valence-electron chi connectivity index (χ4n) is 2.46. The highest BCUT2D eigenvalue weighted by atomic mass is 16.5. The van der Waals surface area contributed by atoms with Crippen LogP contribution in [-0.4, -0.2) is 24.4 Å². The number of methoxy groups -OCH3 is 1. The zero-order valence-corrected chi connectivity index (χ0v) is 13.5. The van der Waals surface area contributed by atoms with Crippen LogP contribution in [0.3, 0.4) is 0 Å². The van der Waals surface area contributed by atoms with Crippen molar-refractivity contribution in [2.45, 2.75) is 103 Å². The lowest BCUT2D eigenvalue weighted by molar-refractivity contribution is 0.0518. The van der Waals surface area contributed by atoms with Gasteiger partial charge in [0.25, 0.3) is 0 Å². The fourth-order valence-corrected chi connectivity index (χ4v) is 2.46. The minimum absolute atomic E-state index is 0.177. The highest BCUT2D eigenvalue weighted by Crippen LogP contribution is 2.13. The molecule has 0 spiro atoms. The molecule has 0 radical (unpaired) electrons. The quantitative estimate of drug-likeness (QED) is 0.447. The molecule has 0 rings (SSSR count). The van der Waals surface area contributed by atoms with E-state index < -0.39 is 0 Å². The van der Waals surface area contributed by atoms with Crippen LogP contribution in [0, 0.1) is 0 Å². The van der Waals surface area contributed by atoms with Gasteiger partial charge in [-0.05, 0) is 19.8 Å². The average molecular weight is 272 g/mol. The zero-order valence-electron chi connectivity index (χ0n) is 13.5. The number of aliphatic hydroxyl groups is 1. The van der Waals surface area contributed by atoms with Crippen LogP contribution in [0.2, 0.25) is 0 Å². The molecule has 0 saturated carbocycles. The van der Waals surface area contributed by atoms with Gasteiger partial charge in [0.1, 0.15) is 0 Å². The maximum absolute atomic E-state index is 9.79.